The first-order valence-corrected chi connectivity index (χ1v) is 17.9. The molecule has 0 fully saturated rings. The minimum Gasteiger partial charge on any atom is -0.309 e. The van der Waals surface area contributed by atoms with Gasteiger partial charge >= 0.3 is 0 Å². The minimum absolute atomic E-state index is 0.0388. The van der Waals surface area contributed by atoms with Crippen LogP contribution in [-0.4, -0.2) is 4.57 Å². The fourth-order valence-electron chi connectivity index (χ4n) is 7.30. The van der Waals surface area contributed by atoms with Crippen molar-refractivity contribution in [3.8, 4) is 28.7 Å². The number of para-hydroxylation sites is 4. The van der Waals surface area contributed by atoms with Gasteiger partial charge < -0.3 is 9.47 Å². The van der Waals surface area contributed by atoms with Crippen molar-refractivity contribution in [3.05, 3.63) is 190 Å². The second-order valence-corrected chi connectivity index (χ2v) is 14.0. The summed E-state index contributed by atoms with van der Waals surface area (Å²) in [6.07, 6.45) is 0. The van der Waals surface area contributed by atoms with Crippen molar-refractivity contribution in [2.45, 2.75) is 23.6 Å². The number of hydrogen-bond acceptors (Lipinski definition) is 3. The van der Waals surface area contributed by atoms with Crippen LogP contribution in [0.15, 0.2) is 172 Å². The number of rotatable bonds is 3. The van der Waals surface area contributed by atoms with E-state index >= 15 is 0 Å². The quantitative estimate of drug-likeness (QED) is 0.138. The maximum Gasteiger partial charge on any atom is 0.197 e. The monoisotopic (exact) mass is 672 g/mol. The normalized spacial score (nSPS) is 11.9. The highest BCUT2D eigenvalue weighted by Gasteiger charge is 2.25. The lowest BCUT2D eigenvalue weighted by atomic mass is 9.97. The number of pyridine rings is 1. The van der Waals surface area contributed by atoms with E-state index in [1.807, 2.05) is 72.4 Å². The van der Waals surface area contributed by atoms with Gasteiger partial charge in [-0.05, 0) is 115 Å². The third-order valence-electron chi connectivity index (χ3n) is 9.65. The van der Waals surface area contributed by atoms with Crippen LogP contribution in [0, 0.1) is 25.7 Å². The van der Waals surface area contributed by atoms with Gasteiger partial charge in [-0.2, -0.15) is 0 Å². The lowest BCUT2D eigenvalue weighted by Crippen LogP contribution is -2.15. The van der Waals surface area contributed by atoms with Crippen LogP contribution in [0.5, 0.6) is 0 Å². The number of benzene rings is 7. The first-order valence-electron chi connectivity index (χ1n) is 17.1. The van der Waals surface area contributed by atoms with Crippen molar-refractivity contribution in [2.75, 3.05) is 4.90 Å². The third-order valence-corrected chi connectivity index (χ3v) is 10.8. The van der Waals surface area contributed by atoms with Crippen LogP contribution in [0.2, 0.25) is 0 Å². The van der Waals surface area contributed by atoms with E-state index in [1.165, 1.54) is 21.2 Å². The standard InChI is InChI=1S/C47H32N2OS/c1-31-29-36(49-41-18-8-10-21-44(41)51-45-22-11-9-19-42(45)49)30-32(2)37(31)28-25-33-23-26-34(27-24-33)38-16-12-20-43-46(38)47(50)39-15-6-7-17-40(39)48(43)35-13-4-3-5-14-35/h3-24,26-27,29-30H,1-2H3. The van der Waals surface area contributed by atoms with Crippen LogP contribution in [0.3, 0.4) is 0 Å². The number of fused-ring (bicyclic) bond motifs is 4. The van der Waals surface area contributed by atoms with E-state index in [0.717, 1.165) is 55.8 Å². The van der Waals surface area contributed by atoms with E-state index in [-0.39, 0.29) is 5.43 Å². The summed E-state index contributed by atoms with van der Waals surface area (Å²) in [5, 5.41) is 1.41. The van der Waals surface area contributed by atoms with E-state index in [1.54, 1.807) is 0 Å². The van der Waals surface area contributed by atoms with Gasteiger partial charge in [0.05, 0.1) is 27.8 Å². The van der Waals surface area contributed by atoms with E-state index in [2.05, 4.69) is 132 Å². The Bertz CT molecular complexity index is 2700. The molecule has 0 radical (unpaired) electrons. The van der Waals surface area contributed by atoms with Gasteiger partial charge in [-0.3, -0.25) is 4.79 Å². The van der Waals surface area contributed by atoms with Gasteiger partial charge in [-0.25, -0.2) is 0 Å². The average molecular weight is 673 g/mol. The topological polar surface area (TPSA) is 25.2 Å². The first kappa shape index (κ1) is 30.8. The number of aromatic nitrogens is 1. The lowest BCUT2D eigenvalue weighted by Gasteiger charge is -2.33. The maximum absolute atomic E-state index is 14.1. The molecule has 8 aromatic rings. The van der Waals surface area contributed by atoms with E-state index < -0.39 is 0 Å². The van der Waals surface area contributed by atoms with Crippen molar-refractivity contribution in [3.63, 3.8) is 0 Å². The van der Waals surface area contributed by atoms with Gasteiger partial charge in [0.15, 0.2) is 5.43 Å². The predicted octanol–water partition coefficient (Wildman–Crippen LogP) is 11.8. The van der Waals surface area contributed by atoms with Crippen molar-refractivity contribution in [1.29, 1.82) is 0 Å². The molecule has 0 spiro atoms. The van der Waals surface area contributed by atoms with Gasteiger partial charge in [0.2, 0.25) is 0 Å². The molecule has 4 heteroatoms. The molecular formula is C47H32N2OS. The Hall–Kier alpha value is -6.28. The molecule has 0 N–H and O–H groups in total. The smallest absolute Gasteiger partial charge is 0.197 e. The van der Waals surface area contributed by atoms with Crippen LogP contribution < -0.4 is 10.3 Å². The Labute approximate surface area is 301 Å². The summed E-state index contributed by atoms with van der Waals surface area (Å²) in [5.41, 5.74) is 12.5. The Morgan fingerprint density at radius 2 is 1.16 bits per heavy atom. The average Bonchev–Trinajstić information content (AvgIpc) is 3.17. The van der Waals surface area contributed by atoms with Crippen LogP contribution in [-0.2, 0) is 0 Å². The first-order chi connectivity index (χ1) is 25.0. The summed E-state index contributed by atoms with van der Waals surface area (Å²) in [7, 11) is 0. The molecule has 3 nitrogen and oxygen atoms in total. The molecule has 1 aliphatic rings. The van der Waals surface area contributed by atoms with E-state index in [0.29, 0.717) is 10.8 Å². The summed E-state index contributed by atoms with van der Waals surface area (Å²) in [6, 6.07) is 54.1. The molecule has 1 aliphatic heterocycles. The zero-order valence-electron chi connectivity index (χ0n) is 28.2. The highest BCUT2D eigenvalue weighted by molar-refractivity contribution is 7.99. The lowest BCUT2D eigenvalue weighted by molar-refractivity contribution is 1.15. The van der Waals surface area contributed by atoms with E-state index in [4.69, 9.17) is 0 Å². The molecule has 0 bridgehead atoms. The second kappa shape index (κ2) is 12.6. The molecule has 1 aromatic heterocycles. The molecule has 0 saturated carbocycles. The Kier molecular flexibility index (Phi) is 7.57. The van der Waals surface area contributed by atoms with Gasteiger partial charge in [-0.15, -0.1) is 0 Å². The van der Waals surface area contributed by atoms with Gasteiger partial charge in [0.25, 0.3) is 0 Å². The fraction of sp³-hybridized carbons (Fsp3) is 0.0426. The molecule has 51 heavy (non-hydrogen) atoms. The molecule has 0 amide bonds. The minimum atomic E-state index is 0.0388. The second-order valence-electron chi connectivity index (χ2n) is 12.9. The Morgan fingerprint density at radius 3 is 1.86 bits per heavy atom. The highest BCUT2D eigenvalue weighted by atomic mass is 32.2. The predicted molar refractivity (Wildman–Crippen MR) is 213 cm³/mol. The Morgan fingerprint density at radius 1 is 0.549 bits per heavy atom. The molecule has 7 aromatic carbocycles. The molecule has 0 unspecified atom stereocenters. The van der Waals surface area contributed by atoms with Crippen LogP contribution in [0.4, 0.5) is 17.1 Å². The van der Waals surface area contributed by atoms with Crippen LogP contribution >= 0.6 is 11.8 Å². The largest absolute Gasteiger partial charge is 0.309 e. The summed E-state index contributed by atoms with van der Waals surface area (Å²) in [5.74, 6) is 6.91. The molecule has 0 saturated heterocycles. The zero-order valence-corrected chi connectivity index (χ0v) is 29.0. The number of anilines is 3. The number of aryl methyl sites for hydroxylation is 2. The molecule has 0 atom stereocenters. The molecule has 2 heterocycles. The summed E-state index contributed by atoms with van der Waals surface area (Å²) < 4.78 is 2.19. The SMILES string of the molecule is Cc1cc(N2c3ccccc3Sc3ccccc32)cc(C)c1C#Cc1ccc(-c2cccc3c2c(=O)c2ccccc2n3-c2ccccc2)cc1. The Balaban J connectivity index is 1.08. The van der Waals surface area contributed by atoms with Crippen LogP contribution in [0.25, 0.3) is 38.6 Å². The molecule has 0 aliphatic carbocycles. The highest BCUT2D eigenvalue weighted by Crippen LogP contribution is 2.51. The van der Waals surface area contributed by atoms with E-state index in [9.17, 15) is 4.79 Å². The fourth-order valence-corrected chi connectivity index (χ4v) is 8.36. The summed E-state index contributed by atoms with van der Waals surface area (Å²) >= 11 is 1.82. The zero-order chi connectivity index (χ0) is 34.5. The van der Waals surface area contributed by atoms with Crippen molar-refractivity contribution < 1.29 is 0 Å². The van der Waals surface area contributed by atoms with Crippen molar-refractivity contribution >= 4 is 50.6 Å². The van der Waals surface area contributed by atoms with Gasteiger partial charge in [0, 0.05) is 37.7 Å². The number of hydrogen-bond donors (Lipinski definition) is 0. The molecule has 242 valence electrons. The molecular weight excluding hydrogens is 641 g/mol. The van der Waals surface area contributed by atoms with Gasteiger partial charge in [0.1, 0.15) is 0 Å². The molecule has 9 rings (SSSR count). The van der Waals surface area contributed by atoms with Crippen molar-refractivity contribution in [2.24, 2.45) is 0 Å². The van der Waals surface area contributed by atoms with Crippen LogP contribution in [0.1, 0.15) is 22.3 Å². The third kappa shape index (κ3) is 5.31. The van der Waals surface area contributed by atoms with Crippen molar-refractivity contribution in [1.82, 2.24) is 4.57 Å². The summed E-state index contributed by atoms with van der Waals surface area (Å²) in [4.78, 5) is 18.9. The van der Waals surface area contributed by atoms with Gasteiger partial charge in [-0.1, -0.05) is 102 Å². The number of nitrogens with zero attached hydrogens (tertiary/aromatic N) is 2. The maximum atomic E-state index is 14.1. The summed E-state index contributed by atoms with van der Waals surface area (Å²) in [6.45, 7) is 4.29.